The van der Waals surface area contributed by atoms with Crippen molar-refractivity contribution in [2.45, 2.75) is 34.6 Å². The molecule has 33 heavy (non-hydrogen) atoms. The minimum atomic E-state index is -0.473. The molecule has 0 aliphatic heterocycles. The van der Waals surface area contributed by atoms with Gasteiger partial charge in [0.15, 0.2) is 5.78 Å². The van der Waals surface area contributed by atoms with E-state index in [0.29, 0.717) is 27.9 Å². The van der Waals surface area contributed by atoms with Gasteiger partial charge in [-0.2, -0.15) is 0 Å². The Balaban J connectivity index is 2.11. The Labute approximate surface area is 195 Å². The molecule has 3 heteroatoms. The molecule has 4 rings (SSSR count). The maximum absolute atomic E-state index is 14.1. The molecule has 0 amide bonds. The van der Waals surface area contributed by atoms with Crippen molar-refractivity contribution >= 4 is 28.5 Å². The van der Waals surface area contributed by atoms with Gasteiger partial charge in [-0.3, -0.25) is 4.79 Å². The lowest BCUT2D eigenvalue weighted by atomic mass is 9.88. The number of ketones is 1. The third-order valence-corrected chi connectivity index (χ3v) is 6.05. The molecule has 0 fully saturated rings. The number of hydrogen-bond donors (Lipinski definition) is 0. The van der Waals surface area contributed by atoms with Crippen molar-refractivity contribution in [2.24, 2.45) is 0 Å². The fourth-order valence-corrected chi connectivity index (χ4v) is 4.60. The van der Waals surface area contributed by atoms with Crippen LogP contribution in [0.3, 0.4) is 0 Å². The Bertz CT molecular complexity index is 1320. The topological polar surface area (TPSA) is 43.4 Å². The first-order valence-electron chi connectivity index (χ1n) is 11.2. The molecule has 1 aliphatic rings. The minimum absolute atomic E-state index is 0.147. The van der Waals surface area contributed by atoms with Gasteiger partial charge < -0.3 is 4.74 Å². The van der Waals surface area contributed by atoms with Crippen LogP contribution in [0.4, 0.5) is 0 Å². The van der Waals surface area contributed by atoms with E-state index >= 15 is 0 Å². The molecule has 0 N–H and O–H groups in total. The van der Waals surface area contributed by atoms with Crippen molar-refractivity contribution in [3.05, 3.63) is 111 Å². The number of rotatable bonds is 5. The van der Waals surface area contributed by atoms with Gasteiger partial charge in [0, 0.05) is 16.7 Å². The predicted octanol–water partition coefficient (Wildman–Crippen LogP) is 6.43. The van der Waals surface area contributed by atoms with Crippen LogP contribution in [-0.2, 0) is 14.3 Å². The molecule has 0 radical (unpaired) electrons. The number of benzene rings is 3. The maximum atomic E-state index is 14.1. The Morgan fingerprint density at radius 3 is 1.79 bits per heavy atom. The fourth-order valence-electron chi connectivity index (χ4n) is 4.60. The summed E-state index contributed by atoms with van der Waals surface area (Å²) in [6.07, 6.45) is 0. The summed E-state index contributed by atoms with van der Waals surface area (Å²) >= 11 is 0. The summed E-state index contributed by atoms with van der Waals surface area (Å²) in [6.45, 7) is 10.1. The Morgan fingerprint density at radius 2 is 1.27 bits per heavy atom. The van der Waals surface area contributed by atoms with E-state index in [-0.39, 0.29) is 12.4 Å². The summed E-state index contributed by atoms with van der Waals surface area (Å²) in [4.78, 5) is 27.5. The average molecular weight is 437 g/mol. The molecule has 0 aromatic heterocycles. The Hall–Kier alpha value is -3.72. The van der Waals surface area contributed by atoms with E-state index in [1.165, 1.54) is 0 Å². The molecule has 0 saturated heterocycles. The summed E-state index contributed by atoms with van der Waals surface area (Å²) in [5.41, 5.74) is 8.64. The van der Waals surface area contributed by atoms with Gasteiger partial charge >= 0.3 is 5.97 Å². The van der Waals surface area contributed by atoms with Crippen LogP contribution < -0.4 is 0 Å². The van der Waals surface area contributed by atoms with E-state index in [4.69, 9.17) is 4.74 Å². The molecule has 0 heterocycles. The van der Waals surface area contributed by atoms with Crippen LogP contribution in [0.15, 0.2) is 72.3 Å². The monoisotopic (exact) mass is 436 g/mol. The van der Waals surface area contributed by atoms with E-state index in [1.54, 1.807) is 6.92 Å². The van der Waals surface area contributed by atoms with Crippen LogP contribution >= 0.6 is 0 Å². The lowest BCUT2D eigenvalue weighted by molar-refractivity contribution is -0.138. The molecular weight excluding hydrogens is 408 g/mol. The largest absolute Gasteiger partial charge is 0.462 e. The van der Waals surface area contributed by atoms with Crippen LogP contribution in [-0.4, -0.2) is 18.4 Å². The van der Waals surface area contributed by atoms with Gasteiger partial charge in [-0.25, -0.2) is 4.79 Å². The second-order valence-electron chi connectivity index (χ2n) is 8.55. The first-order valence-corrected chi connectivity index (χ1v) is 11.2. The number of aryl methyl sites for hydroxylation is 4. The summed E-state index contributed by atoms with van der Waals surface area (Å²) < 4.78 is 5.49. The second-order valence-corrected chi connectivity index (χ2v) is 8.55. The normalized spacial score (nSPS) is 13.7. The first kappa shape index (κ1) is 22.5. The average Bonchev–Trinajstić information content (AvgIpc) is 3.07. The lowest BCUT2D eigenvalue weighted by Crippen LogP contribution is -2.11. The van der Waals surface area contributed by atoms with Crippen molar-refractivity contribution < 1.29 is 14.3 Å². The Morgan fingerprint density at radius 1 is 0.727 bits per heavy atom. The number of carbonyl (C=O) groups is 2. The number of esters is 1. The van der Waals surface area contributed by atoms with Gasteiger partial charge in [0.05, 0.1) is 12.2 Å². The van der Waals surface area contributed by atoms with E-state index in [9.17, 15) is 9.59 Å². The van der Waals surface area contributed by atoms with E-state index in [0.717, 1.165) is 33.4 Å². The molecule has 3 aromatic carbocycles. The molecule has 3 nitrogen and oxygen atoms in total. The molecular formula is C30H28O3. The van der Waals surface area contributed by atoms with Crippen molar-refractivity contribution in [1.82, 2.24) is 0 Å². The van der Waals surface area contributed by atoms with Gasteiger partial charge in [0.1, 0.15) is 0 Å². The minimum Gasteiger partial charge on any atom is -0.462 e. The zero-order valence-corrected chi connectivity index (χ0v) is 19.8. The highest BCUT2D eigenvalue weighted by molar-refractivity contribution is 6.55. The van der Waals surface area contributed by atoms with Gasteiger partial charge in [0.25, 0.3) is 0 Å². The highest BCUT2D eigenvalue weighted by Gasteiger charge is 2.39. The molecule has 0 atom stereocenters. The molecule has 0 bridgehead atoms. The number of hydrogen-bond acceptors (Lipinski definition) is 3. The Kier molecular flexibility index (Phi) is 6.15. The summed E-state index contributed by atoms with van der Waals surface area (Å²) in [5, 5.41) is 0. The number of ether oxygens (including phenoxy) is 1. The zero-order chi connectivity index (χ0) is 23.7. The summed E-state index contributed by atoms with van der Waals surface area (Å²) in [7, 11) is 0. The third kappa shape index (κ3) is 4.07. The second kappa shape index (κ2) is 9.03. The number of allylic oxidation sites excluding steroid dienone is 2. The smallest absolute Gasteiger partial charge is 0.339 e. The van der Waals surface area contributed by atoms with Crippen LogP contribution in [0.5, 0.6) is 0 Å². The van der Waals surface area contributed by atoms with Crippen LogP contribution in [0.25, 0.3) is 16.7 Å². The van der Waals surface area contributed by atoms with Gasteiger partial charge in [-0.15, -0.1) is 0 Å². The van der Waals surface area contributed by atoms with Gasteiger partial charge in [-0.05, 0) is 62.4 Å². The SMILES string of the molecule is CCOC(=O)C1=C(c2ccccc2)C(=O)C(c2ccc(C)cc2C)=C1c1ccc(C)cc1C. The van der Waals surface area contributed by atoms with Gasteiger partial charge in [-0.1, -0.05) is 77.9 Å². The number of carbonyl (C=O) groups excluding carboxylic acids is 2. The van der Waals surface area contributed by atoms with Crippen LogP contribution in [0, 0.1) is 27.7 Å². The highest BCUT2D eigenvalue weighted by Crippen LogP contribution is 2.47. The summed E-state index contributed by atoms with van der Waals surface area (Å²) in [6, 6.07) is 21.6. The molecule has 0 saturated carbocycles. The van der Waals surface area contributed by atoms with Gasteiger partial charge in [0.2, 0.25) is 0 Å². The fraction of sp³-hybridized carbons (Fsp3) is 0.200. The van der Waals surface area contributed by atoms with Crippen molar-refractivity contribution in [3.63, 3.8) is 0 Å². The van der Waals surface area contributed by atoms with Crippen molar-refractivity contribution in [2.75, 3.05) is 6.61 Å². The molecule has 1 aliphatic carbocycles. The quantitative estimate of drug-likeness (QED) is 0.433. The molecule has 0 spiro atoms. The summed E-state index contributed by atoms with van der Waals surface area (Å²) in [5.74, 6) is -0.620. The lowest BCUT2D eigenvalue weighted by Gasteiger charge is -2.15. The van der Waals surface area contributed by atoms with Crippen LogP contribution in [0.2, 0.25) is 0 Å². The molecule has 166 valence electrons. The standard InChI is InChI=1S/C30H28O3/c1-6-33-30(32)28-25(22-10-8-7-9-11-22)29(31)27(24-15-13-19(3)17-21(24)5)26(28)23-14-12-18(2)16-20(23)4/h7-17H,6H2,1-5H3. The van der Waals surface area contributed by atoms with E-state index < -0.39 is 5.97 Å². The van der Waals surface area contributed by atoms with Crippen molar-refractivity contribution in [1.29, 1.82) is 0 Å². The predicted molar refractivity (Wildman–Crippen MR) is 134 cm³/mol. The third-order valence-electron chi connectivity index (χ3n) is 6.05. The molecule has 0 unspecified atom stereocenters. The van der Waals surface area contributed by atoms with Crippen molar-refractivity contribution in [3.8, 4) is 0 Å². The molecule has 3 aromatic rings. The van der Waals surface area contributed by atoms with E-state index in [1.807, 2.05) is 82.3 Å². The van der Waals surface area contributed by atoms with Crippen LogP contribution in [0.1, 0.15) is 45.9 Å². The van der Waals surface area contributed by atoms with E-state index in [2.05, 4.69) is 12.1 Å². The maximum Gasteiger partial charge on any atom is 0.339 e. The highest BCUT2D eigenvalue weighted by atomic mass is 16.5. The first-order chi connectivity index (χ1) is 15.8. The zero-order valence-electron chi connectivity index (χ0n) is 19.8. The number of Topliss-reactive ketones (excluding diaryl/α,β-unsaturated/α-hetero) is 1.